The first kappa shape index (κ1) is 15.7. The number of hydrogen-bond donors (Lipinski definition) is 1. The van der Waals surface area contributed by atoms with Crippen molar-refractivity contribution < 1.29 is 9.90 Å². The summed E-state index contributed by atoms with van der Waals surface area (Å²) >= 11 is 0. The number of carbonyl (C=O) groups excluding carboxylic acids is 1. The van der Waals surface area contributed by atoms with Crippen molar-refractivity contribution in [3.05, 3.63) is 35.4 Å². The van der Waals surface area contributed by atoms with E-state index in [1.54, 1.807) is 4.90 Å². The highest BCUT2D eigenvalue weighted by atomic mass is 16.3. The maximum Gasteiger partial charge on any atom is 0.222 e. The zero-order valence-corrected chi connectivity index (χ0v) is 12.2. The van der Waals surface area contributed by atoms with Gasteiger partial charge in [0.1, 0.15) is 0 Å². The average molecular weight is 263 g/mol. The van der Waals surface area contributed by atoms with Crippen LogP contribution in [-0.2, 0) is 17.8 Å². The van der Waals surface area contributed by atoms with Crippen LogP contribution in [0.15, 0.2) is 24.3 Å². The van der Waals surface area contributed by atoms with Gasteiger partial charge in [-0.05, 0) is 29.9 Å². The first-order valence-corrected chi connectivity index (χ1v) is 6.95. The van der Waals surface area contributed by atoms with Crippen molar-refractivity contribution in [1.82, 2.24) is 4.90 Å². The number of carbonyl (C=O) groups is 1. The molecule has 0 spiro atoms. The van der Waals surface area contributed by atoms with Crippen molar-refractivity contribution in [3.8, 4) is 0 Å². The Morgan fingerprint density at radius 3 is 2.32 bits per heavy atom. The van der Waals surface area contributed by atoms with Crippen LogP contribution in [0.4, 0.5) is 0 Å². The van der Waals surface area contributed by atoms with Crippen LogP contribution in [-0.4, -0.2) is 29.6 Å². The molecule has 106 valence electrons. The Hall–Kier alpha value is -1.35. The normalized spacial score (nSPS) is 10.8. The second kappa shape index (κ2) is 7.95. The standard InChI is InChI=1S/C16H25NO2/c1-13(2)11-14-6-8-15(9-7-14)12-17(3)16(19)5-4-10-18/h6-9,13,18H,4-5,10-12H2,1-3H3. The van der Waals surface area contributed by atoms with E-state index in [1.165, 1.54) is 5.56 Å². The molecule has 1 amide bonds. The van der Waals surface area contributed by atoms with Crippen LogP contribution in [0.1, 0.15) is 37.8 Å². The van der Waals surface area contributed by atoms with E-state index in [4.69, 9.17) is 5.11 Å². The van der Waals surface area contributed by atoms with Gasteiger partial charge < -0.3 is 10.0 Å². The van der Waals surface area contributed by atoms with Gasteiger partial charge in [0.2, 0.25) is 5.91 Å². The Morgan fingerprint density at radius 1 is 1.21 bits per heavy atom. The molecule has 0 aliphatic heterocycles. The van der Waals surface area contributed by atoms with Gasteiger partial charge in [-0.2, -0.15) is 0 Å². The smallest absolute Gasteiger partial charge is 0.222 e. The van der Waals surface area contributed by atoms with E-state index in [0.717, 1.165) is 12.0 Å². The van der Waals surface area contributed by atoms with Crippen molar-refractivity contribution >= 4 is 5.91 Å². The summed E-state index contributed by atoms with van der Waals surface area (Å²) in [5.41, 5.74) is 2.49. The molecule has 0 radical (unpaired) electrons. The van der Waals surface area contributed by atoms with E-state index >= 15 is 0 Å². The first-order valence-electron chi connectivity index (χ1n) is 6.95. The largest absolute Gasteiger partial charge is 0.396 e. The number of aliphatic hydroxyl groups is 1. The maximum absolute atomic E-state index is 11.7. The third-order valence-corrected chi connectivity index (χ3v) is 3.06. The molecule has 3 heteroatoms. The molecule has 0 aliphatic carbocycles. The Kier molecular flexibility index (Phi) is 6.57. The van der Waals surface area contributed by atoms with Crippen molar-refractivity contribution in [3.63, 3.8) is 0 Å². The summed E-state index contributed by atoms with van der Waals surface area (Å²) in [6.07, 6.45) is 2.04. The van der Waals surface area contributed by atoms with Crippen LogP contribution in [0.3, 0.4) is 0 Å². The minimum atomic E-state index is 0.0729. The lowest BCUT2D eigenvalue weighted by atomic mass is 10.0. The molecule has 0 saturated carbocycles. The fourth-order valence-electron chi connectivity index (χ4n) is 2.04. The lowest BCUT2D eigenvalue weighted by Crippen LogP contribution is -2.26. The van der Waals surface area contributed by atoms with Gasteiger partial charge in [0.05, 0.1) is 0 Å². The minimum absolute atomic E-state index is 0.0729. The van der Waals surface area contributed by atoms with Crippen LogP contribution < -0.4 is 0 Å². The number of aliphatic hydroxyl groups excluding tert-OH is 1. The number of nitrogens with zero attached hydrogens (tertiary/aromatic N) is 1. The lowest BCUT2D eigenvalue weighted by Gasteiger charge is -2.17. The average Bonchev–Trinajstić information content (AvgIpc) is 2.37. The number of hydrogen-bond acceptors (Lipinski definition) is 2. The van der Waals surface area contributed by atoms with Crippen molar-refractivity contribution in [1.29, 1.82) is 0 Å². The molecule has 0 unspecified atom stereocenters. The van der Waals surface area contributed by atoms with Gasteiger partial charge >= 0.3 is 0 Å². The monoisotopic (exact) mass is 263 g/mol. The summed E-state index contributed by atoms with van der Waals surface area (Å²) < 4.78 is 0. The predicted octanol–water partition coefficient (Wildman–Crippen LogP) is 2.62. The van der Waals surface area contributed by atoms with Gasteiger partial charge in [-0.1, -0.05) is 38.1 Å². The minimum Gasteiger partial charge on any atom is -0.396 e. The summed E-state index contributed by atoms with van der Waals surface area (Å²) in [5, 5.41) is 8.72. The van der Waals surface area contributed by atoms with E-state index in [0.29, 0.717) is 25.3 Å². The first-order chi connectivity index (χ1) is 9.02. The summed E-state index contributed by atoms with van der Waals surface area (Å²) in [5.74, 6) is 0.744. The molecule has 1 rings (SSSR count). The molecule has 3 nitrogen and oxygen atoms in total. The number of rotatable bonds is 7. The highest BCUT2D eigenvalue weighted by Gasteiger charge is 2.08. The molecule has 1 aromatic rings. The molecule has 0 fully saturated rings. The highest BCUT2D eigenvalue weighted by Crippen LogP contribution is 2.11. The molecule has 0 aromatic heterocycles. The number of benzene rings is 1. The van der Waals surface area contributed by atoms with Gasteiger partial charge in [0.15, 0.2) is 0 Å². The van der Waals surface area contributed by atoms with Crippen LogP contribution >= 0.6 is 0 Å². The highest BCUT2D eigenvalue weighted by molar-refractivity contribution is 5.75. The SMILES string of the molecule is CC(C)Cc1ccc(CN(C)C(=O)CCCO)cc1. The van der Waals surface area contributed by atoms with Crippen LogP contribution in [0.5, 0.6) is 0 Å². The Balaban J connectivity index is 2.50. The molecule has 0 atom stereocenters. The fraction of sp³-hybridized carbons (Fsp3) is 0.562. The molecule has 1 N–H and O–H groups in total. The summed E-state index contributed by atoms with van der Waals surface area (Å²) in [6, 6.07) is 8.46. The number of amides is 1. The van der Waals surface area contributed by atoms with E-state index in [2.05, 4.69) is 38.1 Å². The molecular weight excluding hydrogens is 238 g/mol. The van der Waals surface area contributed by atoms with Gasteiger partial charge in [-0.3, -0.25) is 4.79 Å². The van der Waals surface area contributed by atoms with Gasteiger partial charge in [-0.25, -0.2) is 0 Å². The third-order valence-electron chi connectivity index (χ3n) is 3.06. The van der Waals surface area contributed by atoms with Gasteiger partial charge in [0, 0.05) is 26.6 Å². The Labute approximate surface area is 116 Å². The Bertz CT molecular complexity index is 384. The van der Waals surface area contributed by atoms with Crippen molar-refractivity contribution in [2.75, 3.05) is 13.7 Å². The van der Waals surface area contributed by atoms with Crippen molar-refractivity contribution in [2.45, 2.75) is 39.7 Å². The summed E-state index contributed by atoms with van der Waals surface area (Å²) in [4.78, 5) is 13.4. The fourth-order valence-corrected chi connectivity index (χ4v) is 2.04. The van der Waals surface area contributed by atoms with E-state index < -0.39 is 0 Å². The molecule has 0 aliphatic rings. The maximum atomic E-state index is 11.7. The second-order valence-electron chi connectivity index (χ2n) is 5.49. The molecule has 1 aromatic carbocycles. The molecule has 19 heavy (non-hydrogen) atoms. The quantitative estimate of drug-likeness (QED) is 0.821. The van der Waals surface area contributed by atoms with Crippen molar-refractivity contribution in [2.24, 2.45) is 5.92 Å². The summed E-state index contributed by atoms with van der Waals surface area (Å²) in [6.45, 7) is 5.12. The zero-order chi connectivity index (χ0) is 14.3. The van der Waals surface area contributed by atoms with Crippen LogP contribution in [0, 0.1) is 5.92 Å². The molecule has 0 bridgehead atoms. The molecule has 0 saturated heterocycles. The molecular formula is C16H25NO2. The topological polar surface area (TPSA) is 40.5 Å². The third kappa shape index (κ3) is 5.88. The Morgan fingerprint density at radius 2 is 1.79 bits per heavy atom. The van der Waals surface area contributed by atoms with E-state index in [9.17, 15) is 4.79 Å². The zero-order valence-electron chi connectivity index (χ0n) is 12.2. The van der Waals surface area contributed by atoms with Crippen LogP contribution in [0.25, 0.3) is 0 Å². The van der Waals surface area contributed by atoms with E-state index in [1.807, 2.05) is 7.05 Å². The summed E-state index contributed by atoms with van der Waals surface area (Å²) in [7, 11) is 1.81. The van der Waals surface area contributed by atoms with Crippen LogP contribution in [0.2, 0.25) is 0 Å². The lowest BCUT2D eigenvalue weighted by molar-refractivity contribution is -0.130. The van der Waals surface area contributed by atoms with Gasteiger partial charge in [0.25, 0.3) is 0 Å². The predicted molar refractivity (Wildman–Crippen MR) is 77.8 cm³/mol. The van der Waals surface area contributed by atoms with Gasteiger partial charge in [-0.15, -0.1) is 0 Å². The van der Waals surface area contributed by atoms with E-state index in [-0.39, 0.29) is 12.5 Å². The second-order valence-corrected chi connectivity index (χ2v) is 5.49. The molecule has 0 heterocycles.